The smallest absolute Gasteiger partial charge is 0.128 e. The minimum atomic E-state index is -0.330. The molecule has 0 radical (unpaired) electrons. The zero-order valence-corrected chi connectivity index (χ0v) is 16.1. The molecule has 0 amide bonds. The number of pyridine rings is 1. The molecule has 0 N–H and O–H groups in total. The third kappa shape index (κ3) is 3.14. The molecule has 1 aromatic carbocycles. The second kappa shape index (κ2) is 7.40. The van der Waals surface area contributed by atoms with Crippen LogP contribution < -0.4 is 0 Å². The van der Waals surface area contributed by atoms with E-state index in [2.05, 4.69) is 6.07 Å². The summed E-state index contributed by atoms with van der Waals surface area (Å²) in [6.45, 7) is 0. The number of fused-ring (bicyclic) bond motifs is 1. The Hall–Kier alpha value is -1.87. The molecule has 0 spiro atoms. The number of aryl methyl sites for hydroxylation is 1. The molecule has 2 nitrogen and oxygen atoms in total. The molecule has 0 bridgehead atoms. The SMILES string of the molecule is N#Cc1c(SCc2c(F)cccc2Cl)nc2c(c1-c1cccs1)CCC2. The highest BCUT2D eigenvalue weighted by Crippen LogP contribution is 2.41. The minimum absolute atomic E-state index is 0.330. The summed E-state index contributed by atoms with van der Waals surface area (Å²) in [7, 11) is 0. The molecule has 0 atom stereocenters. The Morgan fingerprint density at radius 1 is 1.27 bits per heavy atom. The first-order valence-electron chi connectivity index (χ1n) is 8.24. The molecule has 0 aliphatic heterocycles. The van der Waals surface area contributed by atoms with E-state index in [-0.39, 0.29) is 5.82 Å². The van der Waals surface area contributed by atoms with Crippen molar-refractivity contribution >= 4 is 34.7 Å². The second-order valence-electron chi connectivity index (χ2n) is 6.02. The summed E-state index contributed by atoms with van der Waals surface area (Å²) in [5.74, 6) is 0.0127. The number of aromatic nitrogens is 1. The summed E-state index contributed by atoms with van der Waals surface area (Å²) < 4.78 is 14.1. The first-order valence-corrected chi connectivity index (χ1v) is 10.5. The van der Waals surface area contributed by atoms with E-state index in [0.717, 1.165) is 35.4 Å². The zero-order chi connectivity index (χ0) is 18.1. The van der Waals surface area contributed by atoms with E-state index in [0.29, 0.717) is 26.9 Å². The predicted molar refractivity (Wildman–Crippen MR) is 105 cm³/mol. The molecule has 0 saturated carbocycles. The number of rotatable bonds is 4. The molecule has 4 rings (SSSR count). The van der Waals surface area contributed by atoms with Crippen molar-refractivity contribution in [1.82, 2.24) is 4.98 Å². The normalized spacial score (nSPS) is 12.8. The van der Waals surface area contributed by atoms with Gasteiger partial charge in [-0.05, 0) is 48.4 Å². The summed E-state index contributed by atoms with van der Waals surface area (Å²) in [4.78, 5) is 5.84. The lowest BCUT2D eigenvalue weighted by Crippen LogP contribution is -2.00. The number of thioether (sulfide) groups is 1. The van der Waals surface area contributed by atoms with Gasteiger partial charge >= 0.3 is 0 Å². The topological polar surface area (TPSA) is 36.7 Å². The standard InChI is InChI=1S/C20H14ClFN2S2/c21-15-5-2-6-16(22)14(15)11-26-20-13(10-23)19(18-8-3-9-25-18)12-4-1-7-17(12)24-20/h2-3,5-6,8-9H,1,4,7,11H2. The van der Waals surface area contributed by atoms with Crippen molar-refractivity contribution in [3.05, 3.63) is 68.9 Å². The highest BCUT2D eigenvalue weighted by atomic mass is 35.5. The highest BCUT2D eigenvalue weighted by Gasteiger charge is 2.25. The van der Waals surface area contributed by atoms with Gasteiger partial charge in [0.1, 0.15) is 16.9 Å². The van der Waals surface area contributed by atoms with E-state index >= 15 is 0 Å². The fraction of sp³-hybridized carbons (Fsp3) is 0.200. The van der Waals surface area contributed by atoms with Gasteiger partial charge in [0.15, 0.2) is 0 Å². The van der Waals surface area contributed by atoms with Gasteiger partial charge in [0.25, 0.3) is 0 Å². The lowest BCUT2D eigenvalue weighted by molar-refractivity contribution is 0.617. The first kappa shape index (κ1) is 17.5. The predicted octanol–water partition coefficient (Wildman–Crippen LogP) is 6.26. The van der Waals surface area contributed by atoms with E-state index in [1.807, 2.05) is 17.5 Å². The maximum absolute atomic E-state index is 14.1. The van der Waals surface area contributed by atoms with E-state index in [4.69, 9.17) is 16.6 Å². The van der Waals surface area contributed by atoms with Gasteiger partial charge in [-0.3, -0.25) is 0 Å². The molecule has 130 valence electrons. The number of hydrogen-bond donors (Lipinski definition) is 0. The molecule has 3 aromatic rings. The molecule has 2 aromatic heterocycles. The van der Waals surface area contributed by atoms with Crippen LogP contribution in [0.2, 0.25) is 5.02 Å². The van der Waals surface area contributed by atoms with Gasteiger partial charge in [-0.15, -0.1) is 23.1 Å². The minimum Gasteiger partial charge on any atom is -0.245 e. The maximum atomic E-state index is 14.1. The number of thiophene rings is 1. The van der Waals surface area contributed by atoms with E-state index < -0.39 is 0 Å². The molecule has 1 aliphatic carbocycles. The highest BCUT2D eigenvalue weighted by molar-refractivity contribution is 7.98. The zero-order valence-electron chi connectivity index (χ0n) is 13.8. The summed E-state index contributed by atoms with van der Waals surface area (Å²) in [5.41, 5.74) is 4.30. The average molecular weight is 401 g/mol. The van der Waals surface area contributed by atoms with Crippen molar-refractivity contribution in [2.24, 2.45) is 0 Å². The molecule has 26 heavy (non-hydrogen) atoms. The van der Waals surface area contributed by atoms with Crippen molar-refractivity contribution in [3.63, 3.8) is 0 Å². The van der Waals surface area contributed by atoms with Crippen LogP contribution in [-0.2, 0) is 18.6 Å². The van der Waals surface area contributed by atoms with Gasteiger partial charge in [-0.1, -0.05) is 23.7 Å². The lowest BCUT2D eigenvalue weighted by atomic mass is 10.0. The summed E-state index contributed by atoms with van der Waals surface area (Å²) in [6, 6.07) is 11.1. The lowest BCUT2D eigenvalue weighted by Gasteiger charge is -2.13. The van der Waals surface area contributed by atoms with Crippen LogP contribution >= 0.6 is 34.7 Å². The van der Waals surface area contributed by atoms with Crippen LogP contribution in [0.5, 0.6) is 0 Å². The fourth-order valence-corrected chi connectivity index (χ4v) is 5.42. The van der Waals surface area contributed by atoms with Gasteiger partial charge in [0, 0.05) is 32.5 Å². The van der Waals surface area contributed by atoms with Crippen molar-refractivity contribution in [2.75, 3.05) is 0 Å². The fourth-order valence-electron chi connectivity index (χ4n) is 3.27. The van der Waals surface area contributed by atoms with Crippen molar-refractivity contribution in [2.45, 2.75) is 30.0 Å². The molecular weight excluding hydrogens is 387 g/mol. The molecule has 0 fully saturated rings. The average Bonchev–Trinajstić information content (AvgIpc) is 3.31. The molecule has 1 aliphatic rings. The Morgan fingerprint density at radius 3 is 2.88 bits per heavy atom. The number of hydrogen-bond acceptors (Lipinski definition) is 4. The van der Waals surface area contributed by atoms with Crippen LogP contribution in [0.25, 0.3) is 10.4 Å². The molecular formula is C20H14ClFN2S2. The van der Waals surface area contributed by atoms with E-state index in [9.17, 15) is 9.65 Å². The van der Waals surface area contributed by atoms with Crippen LogP contribution in [0.3, 0.4) is 0 Å². The van der Waals surface area contributed by atoms with Crippen LogP contribution in [0, 0.1) is 17.1 Å². The van der Waals surface area contributed by atoms with E-state index in [1.165, 1.54) is 23.4 Å². The van der Waals surface area contributed by atoms with Crippen molar-refractivity contribution < 1.29 is 4.39 Å². The van der Waals surface area contributed by atoms with Gasteiger partial charge in [0.05, 0.1) is 5.56 Å². The Kier molecular flexibility index (Phi) is 4.99. The van der Waals surface area contributed by atoms with E-state index in [1.54, 1.807) is 23.5 Å². The van der Waals surface area contributed by atoms with Crippen LogP contribution in [0.4, 0.5) is 4.39 Å². The van der Waals surface area contributed by atoms with Gasteiger partial charge in [0.2, 0.25) is 0 Å². The van der Waals surface area contributed by atoms with Gasteiger partial charge in [-0.2, -0.15) is 5.26 Å². The quantitative estimate of drug-likeness (QED) is 0.485. The summed E-state index contributed by atoms with van der Waals surface area (Å²) in [5, 5.41) is 12.9. The number of halogens is 2. The van der Waals surface area contributed by atoms with Crippen LogP contribution in [0.15, 0.2) is 40.7 Å². The largest absolute Gasteiger partial charge is 0.245 e. The second-order valence-corrected chi connectivity index (χ2v) is 8.34. The Labute approximate surface area is 164 Å². The molecule has 2 heterocycles. The Morgan fingerprint density at radius 2 is 2.15 bits per heavy atom. The monoisotopic (exact) mass is 400 g/mol. The van der Waals surface area contributed by atoms with Crippen LogP contribution in [0.1, 0.15) is 28.8 Å². The van der Waals surface area contributed by atoms with Crippen molar-refractivity contribution in [3.8, 4) is 16.5 Å². The molecule has 6 heteroatoms. The van der Waals surface area contributed by atoms with Crippen molar-refractivity contribution in [1.29, 1.82) is 5.26 Å². The number of nitrogens with zero attached hydrogens (tertiary/aromatic N) is 2. The number of benzene rings is 1. The third-order valence-electron chi connectivity index (χ3n) is 4.49. The van der Waals surface area contributed by atoms with Crippen LogP contribution in [-0.4, -0.2) is 4.98 Å². The third-order valence-corrected chi connectivity index (χ3v) is 6.73. The van der Waals surface area contributed by atoms with Gasteiger partial charge in [-0.25, -0.2) is 9.37 Å². The Balaban J connectivity index is 1.78. The molecule has 0 unspecified atom stereocenters. The number of nitriles is 1. The maximum Gasteiger partial charge on any atom is 0.128 e. The first-order chi connectivity index (χ1) is 12.7. The summed E-state index contributed by atoms with van der Waals surface area (Å²) in [6.07, 6.45) is 2.93. The Bertz CT molecular complexity index is 989. The molecule has 0 saturated heterocycles. The van der Waals surface area contributed by atoms with Gasteiger partial charge < -0.3 is 0 Å². The summed E-state index contributed by atoms with van der Waals surface area (Å²) >= 11 is 9.15.